The zero-order chi connectivity index (χ0) is 61.4. The number of aromatic amines is 2. The van der Waals surface area contributed by atoms with Crippen molar-refractivity contribution in [3.63, 3.8) is 0 Å². The van der Waals surface area contributed by atoms with E-state index in [1.807, 2.05) is 0 Å². The zero-order valence-electron chi connectivity index (χ0n) is 55.3. The maximum Gasteiger partial charge on any atom is 0.220 e. The highest BCUT2D eigenvalue weighted by atomic mass is 16.2. The molecule has 3 aromatic heterocycles. The Morgan fingerprint density at radius 2 is 0.628 bits per heavy atom. The molecule has 2 aliphatic rings. The second-order valence-corrected chi connectivity index (χ2v) is 23.9. The molecule has 0 radical (unpaired) electrons. The van der Waals surface area contributed by atoms with E-state index in [2.05, 4.69) is 143 Å². The highest BCUT2D eigenvalue weighted by molar-refractivity contribution is 5.97. The number of unbranched alkanes of at least 4 members (excludes halogenated alkanes) is 8. The summed E-state index contributed by atoms with van der Waals surface area (Å²) in [6, 6.07) is 8.75. The monoisotopic (exact) mass is 1190 g/mol. The first-order valence-electron chi connectivity index (χ1n) is 34.4. The van der Waals surface area contributed by atoms with Crippen LogP contribution in [-0.2, 0) is 22.4 Å². The van der Waals surface area contributed by atoms with Crippen LogP contribution in [0.3, 0.4) is 0 Å². The number of H-pyrrole nitrogens is 2. The minimum atomic E-state index is 0.0562. The summed E-state index contributed by atoms with van der Waals surface area (Å²) >= 11 is 0. The van der Waals surface area contributed by atoms with Gasteiger partial charge in [0.2, 0.25) is 11.8 Å². The Morgan fingerprint density at radius 1 is 0.349 bits per heavy atom. The first-order valence-corrected chi connectivity index (χ1v) is 34.4. The number of allylic oxidation sites excluding steroid dienone is 4. The summed E-state index contributed by atoms with van der Waals surface area (Å²) in [7, 11) is 0. The average molecular weight is 1190 g/mol. The lowest BCUT2D eigenvalue weighted by Gasteiger charge is -2.09. The van der Waals surface area contributed by atoms with Crippen molar-refractivity contribution in [2.45, 2.75) is 197 Å². The summed E-state index contributed by atoms with van der Waals surface area (Å²) in [5.41, 5.74) is 17.0. The van der Waals surface area contributed by atoms with E-state index >= 15 is 0 Å². The SMILES string of the molecule is CCNCCCCNCCCCNCCCCNCCCCNC(=O)CCC1=C(C)c2cc3[nH]c(cc4[nH]c(cc5nc(cc1n2)C(CCC(=O)NCCCCNCCCCNCCCCNCCCCNCC)=C5C)c(CC)c4C)c(CC)c3C. The molecule has 0 aliphatic carbocycles. The molecule has 12 N–H and O–H groups in total. The molecule has 3 aromatic rings. The summed E-state index contributed by atoms with van der Waals surface area (Å²) in [4.78, 5) is 45.3. The first kappa shape index (κ1) is 72.0. The van der Waals surface area contributed by atoms with Crippen LogP contribution in [0.15, 0.2) is 24.3 Å². The summed E-state index contributed by atoms with van der Waals surface area (Å²) in [6.07, 6.45) is 22.1. The number of hydrogen-bond donors (Lipinski definition) is 12. The van der Waals surface area contributed by atoms with Crippen molar-refractivity contribution in [2.75, 3.05) is 118 Å². The second-order valence-electron chi connectivity index (χ2n) is 23.9. The molecule has 5 heterocycles. The lowest BCUT2D eigenvalue weighted by atomic mass is 9.98. The van der Waals surface area contributed by atoms with E-state index < -0.39 is 0 Å². The van der Waals surface area contributed by atoms with Crippen LogP contribution in [-0.4, -0.2) is 150 Å². The quantitative estimate of drug-likeness (QED) is 0.0238. The third-order valence-electron chi connectivity index (χ3n) is 17.2. The van der Waals surface area contributed by atoms with Gasteiger partial charge in [-0.15, -0.1) is 0 Å². The number of aromatic nitrogens is 4. The van der Waals surface area contributed by atoms with Crippen LogP contribution in [0.1, 0.15) is 215 Å². The summed E-state index contributed by atoms with van der Waals surface area (Å²) < 4.78 is 0. The van der Waals surface area contributed by atoms with Gasteiger partial charge in [0.25, 0.3) is 0 Å². The molecule has 2 aliphatic heterocycles. The van der Waals surface area contributed by atoms with E-state index in [9.17, 15) is 9.59 Å². The zero-order valence-corrected chi connectivity index (χ0v) is 55.3. The van der Waals surface area contributed by atoms with Gasteiger partial charge in [-0.1, -0.05) is 27.7 Å². The number of rotatable bonds is 50. The molecule has 16 nitrogen and oxygen atoms in total. The third-order valence-corrected chi connectivity index (χ3v) is 17.2. The Kier molecular flexibility index (Phi) is 36.6. The first-order chi connectivity index (χ1) is 42.1. The minimum absolute atomic E-state index is 0.0562. The van der Waals surface area contributed by atoms with Crippen LogP contribution in [0.5, 0.6) is 0 Å². The van der Waals surface area contributed by atoms with Gasteiger partial charge >= 0.3 is 0 Å². The number of carbonyl (C=O) groups is 2. The lowest BCUT2D eigenvalue weighted by molar-refractivity contribution is -0.121. The third kappa shape index (κ3) is 26.5. The van der Waals surface area contributed by atoms with Crippen molar-refractivity contribution in [1.29, 1.82) is 0 Å². The number of amides is 2. The van der Waals surface area contributed by atoms with Crippen molar-refractivity contribution < 1.29 is 9.59 Å². The van der Waals surface area contributed by atoms with Crippen molar-refractivity contribution in [3.8, 4) is 0 Å². The Morgan fingerprint density at radius 3 is 0.942 bits per heavy atom. The number of hydrogen-bond acceptors (Lipinski definition) is 12. The summed E-state index contributed by atoms with van der Waals surface area (Å²) in [5, 5.41) is 34.8. The molecular weight excluding hydrogens is 1070 g/mol. The highest BCUT2D eigenvalue weighted by Crippen LogP contribution is 2.38. The van der Waals surface area contributed by atoms with Gasteiger partial charge in [0.05, 0.1) is 22.8 Å². The fourth-order valence-corrected chi connectivity index (χ4v) is 11.7. The van der Waals surface area contributed by atoms with Gasteiger partial charge in [-0.3, -0.25) is 9.59 Å². The van der Waals surface area contributed by atoms with Gasteiger partial charge in [0.15, 0.2) is 0 Å². The molecule has 2 amide bonds. The number of nitrogens with one attached hydrogen (secondary N) is 12. The predicted octanol–water partition coefficient (Wildman–Crippen LogP) is 10.7. The van der Waals surface area contributed by atoms with Crippen LogP contribution < -0.4 is 53.2 Å². The van der Waals surface area contributed by atoms with E-state index in [1.54, 1.807) is 0 Å². The molecule has 0 unspecified atom stereocenters. The van der Waals surface area contributed by atoms with E-state index in [0.717, 1.165) is 210 Å². The fourth-order valence-electron chi connectivity index (χ4n) is 11.7. The van der Waals surface area contributed by atoms with E-state index in [0.29, 0.717) is 38.8 Å². The summed E-state index contributed by atoms with van der Waals surface area (Å²) in [6.45, 7) is 35.9. The molecule has 16 heteroatoms. The number of carbonyl (C=O) groups excluding carboxylic acids is 2. The van der Waals surface area contributed by atoms with Gasteiger partial charge in [-0.25, -0.2) is 9.97 Å². The van der Waals surface area contributed by atoms with E-state index in [1.165, 1.54) is 99.3 Å². The van der Waals surface area contributed by atoms with Crippen LogP contribution in [0.4, 0.5) is 0 Å². The van der Waals surface area contributed by atoms with Crippen molar-refractivity contribution in [3.05, 3.63) is 69.3 Å². The van der Waals surface area contributed by atoms with Crippen LogP contribution >= 0.6 is 0 Å². The average Bonchev–Trinajstić information content (AvgIpc) is 2.33. The number of fused-ring (bicyclic) bond motifs is 8. The van der Waals surface area contributed by atoms with Crippen molar-refractivity contribution in [1.82, 2.24) is 73.1 Å². The van der Waals surface area contributed by atoms with Gasteiger partial charge in [-0.2, -0.15) is 0 Å². The van der Waals surface area contributed by atoms with E-state index in [4.69, 9.17) is 9.97 Å². The molecule has 0 saturated carbocycles. The molecule has 5 rings (SSSR count). The van der Waals surface area contributed by atoms with Crippen molar-refractivity contribution in [2.24, 2.45) is 0 Å². The maximum atomic E-state index is 13.5. The molecular formula is C70H120N14O2. The van der Waals surface area contributed by atoms with E-state index in [-0.39, 0.29) is 11.8 Å². The predicted molar refractivity (Wildman–Crippen MR) is 367 cm³/mol. The van der Waals surface area contributed by atoms with Crippen LogP contribution in [0.25, 0.3) is 44.4 Å². The maximum absolute atomic E-state index is 13.5. The van der Waals surface area contributed by atoms with Gasteiger partial charge in [0, 0.05) is 48.0 Å². The van der Waals surface area contributed by atoms with Crippen molar-refractivity contribution >= 4 is 56.2 Å². The second kappa shape index (κ2) is 43.8. The van der Waals surface area contributed by atoms with Gasteiger partial charge in [0.1, 0.15) is 0 Å². The normalized spacial score (nSPS) is 12.6. The van der Waals surface area contributed by atoms with Crippen LogP contribution in [0.2, 0.25) is 0 Å². The standard InChI is InChI=1S/C70H120N14O2/c1-9-57-53(5)61-49-62-55(7)59(29-31-69(85)79-47-27-25-45-77-43-23-21-41-75-39-19-17-37-73-35-15-13-33-71-11-3)67(83-62)52-68-60(56(8)64(84-68)51-66-58(10-2)54(6)63(82-66)50-65(57)81-61)30-32-70(86)80-48-28-26-46-78-44-24-22-42-76-40-20-18-38-74-36-16-14-34-72-12-4/h49-52,71-78,81-82H,9-48H2,1-8H3,(H,79,85)(H,80,86). The van der Waals surface area contributed by atoms with Crippen LogP contribution in [0, 0.1) is 13.8 Å². The largest absolute Gasteiger partial charge is 0.356 e. The molecule has 8 bridgehead atoms. The summed E-state index contributed by atoms with van der Waals surface area (Å²) in [5.74, 6) is 0.113. The highest BCUT2D eigenvalue weighted by Gasteiger charge is 2.23. The molecule has 482 valence electrons. The number of aryl methyl sites for hydroxylation is 4. The Hall–Kier alpha value is -4.78. The topological polar surface area (TPSA) is 212 Å². The Labute approximate surface area is 520 Å². The smallest absolute Gasteiger partial charge is 0.220 e. The molecule has 0 fully saturated rings. The molecule has 0 aromatic carbocycles. The Balaban J connectivity index is 1.10. The molecule has 0 atom stereocenters. The molecule has 86 heavy (non-hydrogen) atoms. The molecule has 0 spiro atoms. The Bertz CT molecular complexity index is 2650. The van der Waals surface area contributed by atoms with Gasteiger partial charge < -0.3 is 63.1 Å². The lowest BCUT2D eigenvalue weighted by Crippen LogP contribution is -2.25. The van der Waals surface area contributed by atoms with Gasteiger partial charge in [-0.05, 0) is 330 Å². The minimum Gasteiger partial charge on any atom is -0.356 e. The fraction of sp³-hybridized carbons (Fsp3) is 0.686. The molecule has 0 saturated heterocycles. The number of nitrogens with zero attached hydrogens (tertiary/aromatic N) is 2.